The van der Waals surface area contributed by atoms with Gasteiger partial charge in [-0.05, 0) is 29.9 Å². The zero-order chi connectivity index (χ0) is 14.6. The van der Waals surface area contributed by atoms with Crippen LogP contribution in [0.25, 0.3) is 0 Å². The molecule has 0 aliphatic carbocycles. The van der Waals surface area contributed by atoms with Crippen LogP contribution in [0.3, 0.4) is 0 Å². The number of fused-ring (bicyclic) bond motifs is 2. The van der Waals surface area contributed by atoms with Gasteiger partial charge in [0.1, 0.15) is 0 Å². The average Bonchev–Trinajstić information content (AvgIpc) is 3.05. The van der Waals surface area contributed by atoms with Gasteiger partial charge in [-0.1, -0.05) is 6.07 Å². The minimum Gasteiger partial charge on any atom is -0.454 e. The molecule has 2 saturated heterocycles. The van der Waals surface area contributed by atoms with Gasteiger partial charge in [-0.15, -0.1) is 0 Å². The standard InChI is InChI=1S/C13H14N2O4S2/c16-21(17)5-9-10(6-21)15(13(20)14-9)4-8-1-2-11-12(3-8)19-7-18-11/h1-3,9-10H,4-7H2,(H,14,20)/t9-,10+/m1/s1. The Balaban J connectivity index is 1.57. The van der Waals surface area contributed by atoms with Gasteiger partial charge in [-0.3, -0.25) is 0 Å². The molecule has 1 N–H and O–H groups in total. The van der Waals surface area contributed by atoms with Crippen LogP contribution in [0.15, 0.2) is 18.2 Å². The number of benzene rings is 1. The number of hydrogen-bond acceptors (Lipinski definition) is 5. The largest absolute Gasteiger partial charge is 0.454 e. The van der Waals surface area contributed by atoms with Gasteiger partial charge in [0.05, 0.1) is 23.6 Å². The summed E-state index contributed by atoms with van der Waals surface area (Å²) in [4.78, 5) is 1.96. The van der Waals surface area contributed by atoms with Crippen LogP contribution in [0.4, 0.5) is 0 Å². The van der Waals surface area contributed by atoms with Crippen LogP contribution in [0.1, 0.15) is 5.56 Å². The Morgan fingerprint density at radius 3 is 2.95 bits per heavy atom. The highest BCUT2D eigenvalue weighted by atomic mass is 32.2. The highest BCUT2D eigenvalue weighted by molar-refractivity contribution is 7.91. The van der Waals surface area contributed by atoms with E-state index < -0.39 is 9.84 Å². The van der Waals surface area contributed by atoms with Crippen molar-refractivity contribution in [2.45, 2.75) is 18.6 Å². The molecule has 6 nitrogen and oxygen atoms in total. The quantitative estimate of drug-likeness (QED) is 0.783. The molecule has 3 heterocycles. The van der Waals surface area contributed by atoms with Crippen molar-refractivity contribution >= 4 is 27.2 Å². The maximum absolute atomic E-state index is 11.8. The molecule has 0 spiro atoms. The van der Waals surface area contributed by atoms with Crippen LogP contribution in [-0.4, -0.2) is 48.8 Å². The molecular weight excluding hydrogens is 312 g/mol. The Hall–Kier alpha value is -1.54. The van der Waals surface area contributed by atoms with Crippen molar-refractivity contribution in [3.63, 3.8) is 0 Å². The molecule has 0 radical (unpaired) electrons. The summed E-state index contributed by atoms with van der Waals surface area (Å²) in [5, 5.41) is 3.74. The number of rotatable bonds is 2. The molecule has 0 saturated carbocycles. The highest BCUT2D eigenvalue weighted by Gasteiger charge is 2.46. The molecule has 1 aromatic rings. The van der Waals surface area contributed by atoms with Crippen molar-refractivity contribution in [2.75, 3.05) is 18.3 Å². The average molecular weight is 326 g/mol. The van der Waals surface area contributed by atoms with Crippen LogP contribution >= 0.6 is 12.2 Å². The number of nitrogens with zero attached hydrogens (tertiary/aromatic N) is 1. The summed E-state index contributed by atoms with van der Waals surface area (Å²) in [5.41, 5.74) is 1.02. The van der Waals surface area contributed by atoms with Crippen molar-refractivity contribution in [2.24, 2.45) is 0 Å². The van der Waals surface area contributed by atoms with E-state index in [1.165, 1.54) is 0 Å². The highest BCUT2D eigenvalue weighted by Crippen LogP contribution is 2.34. The SMILES string of the molecule is O=S1(=O)C[C@H]2NC(=S)N(Cc3ccc4c(c3)OCO4)[C@H]2C1. The van der Waals surface area contributed by atoms with Gasteiger partial charge in [0, 0.05) is 6.54 Å². The third kappa shape index (κ3) is 2.22. The first-order valence-electron chi connectivity index (χ1n) is 6.68. The fourth-order valence-electron chi connectivity index (χ4n) is 3.09. The fraction of sp³-hybridized carbons (Fsp3) is 0.462. The number of thiocarbonyl (C=S) groups is 1. The third-order valence-corrected chi connectivity index (χ3v) is 6.15. The molecule has 3 aliphatic heterocycles. The van der Waals surface area contributed by atoms with Gasteiger partial charge in [0.2, 0.25) is 6.79 Å². The summed E-state index contributed by atoms with van der Waals surface area (Å²) < 4.78 is 34.2. The van der Waals surface area contributed by atoms with E-state index in [4.69, 9.17) is 21.7 Å². The van der Waals surface area contributed by atoms with E-state index in [0.717, 1.165) is 17.1 Å². The molecule has 4 rings (SSSR count). The molecule has 21 heavy (non-hydrogen) atoms. The van der Waals surface area contributed by atoms with Gasteiger partial charge < -0.3 is 19.7 Å². The second-order valence-corrected chi connectivity index (χ2v) is 8.06. The van der Waals surface area contributed by atoms with Crippen LogP contribution in [0.2, 0.25) is 0 Å². The molecule has 0 aromatic heterocycles. The van der Waals surface area contributed by atoms with Gasteiger partial charge in [-0.2, -0.15) is 0 Å². The summed E-state index contributed by atoms with van der Waals surface area (Å²) in [6.45, 7) is 0.810. The topological polar surface area (TPSA) is 67.9 Å². The van der Waals surface area contributed by atoms with Gasteiger partial charge >= 0.3 is 0 Å². The van der Waals surface area contributed by atoms with Gasteiger partial charge in [-0.25, -0.2) is 8.42 Å². The van der Waals surface area contributed by atoms with Crippen molar-refractivity contribution in [1.82, 2.24) is 10.2 Å². The van der Waals surface area contributed by atoms with Crippen molar-refractivity contribution < 1.29 is 17.9 Å². The van der Waals surface area contributed by atoms with Crippen LogP contribution in [-0.2, 0) is 16.4 Å². The molecule has 8 heteroatoms. The van der Waals surface area contributed by atoms with E-state index in [1.54, 1.807) is 0 Å². The second kappa shape index (κ2) is 4.48. The van der Waals surface area contributed by atoms with Crippen molar-refractivity contribution in [3.8, 4) is 11.5 Å². The lowest BCUT2D eigenvalue weighted by Crippen LogP contribution is -2.36. The first-order valence-corrected chi connectivity index (χ1v) is 8.91. The summed E-state index contributed by atoms with van der Waals surface area (Å²) in [7, 11) is -2.97. The zero-order valence-corrected chi connectivity index (χ0v) is 12.7. The third-order valence-electron chi connectivity index (χ3n) is 4.08. The zero-order valence-electron chi connectivity index (χ0n) is 11.1. The summed E-state index contributed by atoms with van der Waals surface area (Å²) in [5.74, 6) is 1.79. The maximum Gasteiger partial charge on any atom is 0.231 e. The predicted octanol–water partition coefficient (Wildman–Crippen LogP) is 0.271. The monoisotopic (exact) mass is 326 g/mol. The smallest absolute Gasteiger partial charge is 0.231 e. The predicted molar refractivity (Wildman–Crippen MR) is 80.1 cm³/mol. The lowest BCUT2D eigenvalue weighted by Gasteiger charge is -2.23. The molecule has 0 amide bonds. The van der Waals surface area contributed by atoms with E-state index in [0.29, 0.717) is 11.7 Å². The number of nitrogens with one attached hydrogen (secondary N) is 1. The van der Waals surface area contributed by atoms with Crippen LogP contribution in [0.5, 0.6) is 11.5 Å². The first-order chi connectivity index (χ1) is 10.0. The molecular formula is C13H14N2O4S2. The van der Waals surface area contributed by atoms with E-state index in [9.17, 15) is 8.42 Å². The second-order valence-electron chi connectivity index (χ2n) is 5.52. The summed E-state index contributed by atoms with van der Waals surface area (Å²) >= 11 is 5.33. The fourth-order valence-corrected chi connectivity index (χ4v) is 5.36. The molecule has 2 atom stereocenters. The number of hydrogen-bond donors (Lipinski definition) is 1. The van der Waals surface area contributed by atoms with Crippen LogP contribution in [0, 0.1) is 0 Å². The number of ether oxygens (including phenoxy) is 2. The first kappa shape index (κ1) is 13.1. The van der Waals surface area contributed by atoms with E-state index in [2.05, 4.69) is 5.32 Å². The van der Waals surface area contributed by atoms with E-state index in [1.807, 2.05) is 23.1 Å². The van der Waals surface area contributed by atoms with Gasteiger partial charge in [0.15, 0.2) is 26.4 Å². The Kier molecular flexibility index (Phi) is 2.80. The normalized spacial score (nSPS) is 28.6. The van der Waals surface area contributed by atoms with Crippen molar-refractivity contribution in [3.05, 3.63) is 23.8 Å². The number of sulfone groups is 1. The molecule has 0 unspecified atom stereocenters. The van der Waals surface area contributed by atoms with Crippen LogP contribution < -0.4 is 14.8 Å². The molecule has 112 valence electrons. The Labute approximate surface area is 127 Å². The van der Waals surface area contributed by atoms with Crippen molar-refractivity contribution in [1.29, 1.82) is 0 Å². The molecule has 0 bridgehead atoms. The lowest BCUT2D eigenvalue weighted by molar-refractivity contribution is 0.174. The maximum atomic E-state index is 11.8. The molecule has 2 fully saturated rings. The summed E-state index contributed by atoms with van der Waals surface area (Å²) in [6, 6.07) is 5.58. The lowest BCUT2D eigenvalue weighted by atomic mass is 10.1. The Bertz CT molecular complexity index is 719. The minimum absolute atomic E-state index is 0.0760. The Morgan fingerprint density at radius 2 is 2.10 bits per heavy atom. The van der Waals surface area contributed by atoms with Gasteiger partial charge in [0.25, 0.3) is 0 Å². The Morgan fingerprint density at radius 1 is 1.29 bits per heavy atom. The minimum atomic E-state index is -2.97. The van der Waals surface area contributed by atoms with E-state index in [-0.39, 0.29) is 30.4 Å². The summed E-state index contributed by atoms with van der Waals surface area (Å²) in [6.07, 6.45) is 0. The molecule has 3 aliphatic rings. The molecule has 1 aromatic carbocycles. The van der Waals surface area contributed by atoms with E-state index >= 15 is 0 Å².